The summed E-state index contributed by atoms with van der Waals surface area (Å²) >= 11 is 12.0. The van der Waals surface area contributed by atoms with E-state index in [4.69, 9.17) is 23.2 Å². The van der Waals surface area contributed by atoms with Crippen molar-refractivity contribution in [3.8, 4) is 0 Å². The van der Waals surface area contributed by atoms with Gasteiger partial charge in [0.2, 0.25) is 0 Å². The van der Waals surface area contributed by atoms with Crippen LogP contribution in [-0.2, 0) is 0 Å². The monoisotopic (exact) mass is 350 g/mol. The van der Waals surface area contributed by atoms with E-state index in [1.807, 2.05) is 6.07 Å². The first-order valence-corrected chi connectivity index (χ1v) is 8.08. The van der Waals surface area contributed by atoms with E-state index >= 15 is 0 Å². The smallest absolute Gasteiger partial charge is 0.258 e. The zero-order chi connectivity index (χ0) is 16.2. The number of nitrogens with zero attached hydrogens (tertiary/aromatic N) is 2. The summed E-state index contributed by atoms with van der Waals surface area (Å²) in [6.07, 6.45) is 1.76. The molecule has 1 aliphatic heterocycles. The highest BCUT2D eigenvalue weighted by molar-refractivity contribution is 6.44. The largest absolute Gasteiger partial charge is 0.368 e. The van der Waals surface area contributed by atoms with Crippen LogP contribution >= 0.6 is 23.2 Å². The number of amides is 1. The summed E-state index contributed by atoms with van der Waals surface area (Å²) in [5.41, 5.74) is 1.37. The SMILES string of the molecule is O=C(Nc1ccc(N2CCNCC2)cn1)c1cccc(Cl)c1Cl. The second-order valence-corrected chi connectivity index (χ2v) is 5.98. The fourth-order valence-electron chi connectivity index (χ4n) is 2.43. The van der Waals surface area contributed by atoms with Crippen LogP contribution in [0.2, 0.25) is 10.0 Å². The minimum Gasteiger partial charge on any atom is -0.368 e. The molecule has 1 saturated heterocycles. The Kier molecular flexibility index (Phi) is 5.00. The Hall–Kier alpha value is -1.82. The molecule has 120 valence electrons. The normalized spacial score (nSPS) is 14.6. The van der Waals surface area contributed by atoms with Crippen LogP contribution in [0.4, 0.5) is 11.5 Å². The number of pyridine rings is 1. The Morgan fingerprint density at radius 3 is 2.65 bits per heavy atom. The van der Waals surface area contributed by atoms with Crippen LogP contribution in [0.1, 0.15) is 10.4 Å². The van der Waals surface area contributed by atoms with Crippen molar-refractivity contribution in [2.75, 3.05) is 36.4 Å². The number of carbonyl (C=O) groups is 1. The summed E-state index contributed by atoms with van der Waals surface area (Å²) in [6, 6.07) is 8.69. The molecule has 0 spiro atoms. The Morgan fingerprint density at radius 2 is 1.96 bits per heavy atom. The summed E-state index contributed by atoms with van der Waals surface area (Å²) in [4.78, 5) is 18.8. The average molecular weight is 351 g/mol. The van der Waals surface area contributed by atoms with E-state index in [-0.39, 0.29) is 10.9 Å². The molecule has 2 N–H and O–H groups in total. The standard InChI is InChI=1S/C16H16Cl2N4O/c17-13-3-1-2-12(15(13)18)16(23)21-14-5-4-11(10-20-14)22-8-6-19-7-9-22/h1-5,10,19H,6-9H2,(H,20,21,23). The van der Waals surface area contributed by atoms with Gasteiger partial charge < -0.3 is 15.5 Å². The van der Waals surface area contributed by atoms with Crippen LogP contribution in [0.15, 0.2) is 36.5 Å². The lowest BCUT2D eigenvalue weighted by Crippen LogP contribution is -2.43. The van der Waals surface area contributed by atoms with Crippen LogP contribution in [-0.4, -0.2) is 37.1 Å². The van der Waals surface area contributed by atoms with Crippen LogP contribution in [0.25, 0.3) is 0 Å². The van der Waals surface area contributed by atoms with Gasteiger partial charge in [0, 0.05) is 26.2 Å². The van der Waals surface area contributed by atoms with Gasteiger partial charge in [0.1, 0.15) is 5.82 Å². The van der Waals surface area contributed by atoms with Crippen molar-refractivity contribution in [2.45, 2.75) is 0 Å². The predicted octanol–water partition coefficient (Wildman–Crippen LogP) is 3.05. The molecule has 0 aliphatic carbocycles. The molecule has 0 bridgehead atoms. The zero-order valence-electron chi connectivity index (χ0n) is 12.4. The summed E-state index contributed by atoms with van der Waals surface area (Å²) in [7, 11) is 0. The third-order valence-corrected chi connectivity index (χ3v) is 4.49. The van der Waals surface area contributed by atoms with Crippen molar-refractivity contribution >= 4 is 40.6 Å². The second kappa shape index (κ2) is 7.17. The van der Waals surface area contributed by atoms with E-state index < -0.39 is 0 Å². The molecule has 1 aliphatic rings. The average Bonchev–Trinajstić information content (AvgIpc) is 2.59. The van der Waals surface area contributed by atoms with E-state index in [0.29, 0.717) is 16.4 Å². The Balaban J connectivity index is 1.70. The highest BCUT2D eigenvalue weighted by atomic mass is 35.5. The van der Waals surface area contributed by atoms with Crippen molar-refractivity contribution in [1.29, 1.82) is 0 Å². The lowest BCUT2D eigenvalue weighted by Gasteiger charge is -2.29. The number of hydrogen-bond donors (Lipinski definition) is 2. The van der Waals surface area contributed by atoms with Gasteiger partial charge in [0.05, 0.1) is 27.5 Å². The molecule has 2 aromatic rings. The maximum absolute atomic E-state index is 12.3. The van der Waals surface area contributed by atoms with Crippen molar-refractivity contribution in [2.24, 2.45) is 0 Å². The van der Waals surface area contributed by atoms with E-state index in [1.165, 1.54) is 0 Å². The molecule has 1 aromatic carbocycles. The van der Waals surface area contributed by atoms with Crippen molar-refractivity contribution in [3.05, 3.63) is 52.1 Å². The summed E-state index contributed by atoms with van der Waals surface area (Å²) in [5.74, 6) is 0.143. The molecule has 3 rings (SSSR count). The molecule has 1 aromatic heterocycles. The number of piperazine rings is 1. The second-order valence-electron chi connectivity index (χ2n) is 5.19. The van der Waals surface area contributed by atoms with Crippen molar-refractivity contribution in [3.63, 3.8) is 0 Å². The third kappa shape index (κ3) is 3.75. The summed E-state index contributed by atoms with van der Waals surface area (Å²) < 4.78 is 0. The van der Waals surface area contributed by atoms with E-state index in [1.54, 1.807) is 30.5 Å². The first-order valence-electron chi connectivity index (χ1n) is 7.32. The minimum atomic E-state index is -0.333. The third-order valence-electron chi connectivity index (χ3n) is 3.67. The van der Waals surface area contributed by atoms with E-state index in [0.717, 1.165) is 31.9 Å². The van der Waals surface area contributed by atoms with E-state index in [9.17, 15) is 4.79 Å². The Labute approximate surface area is 144 Å². The molecule has 0 unspecified atom stereocenters. The number of carbonyl (C=O) groups excluding carboxylic acids is 1. The fourth-order valence-corrected chi connectivity index (χ4v) is 2.82. The topological polar surface area (TPSA) is 57.3 Å². The predicted molar refractivity (Wildman–Crippen MR) is 93.7 cm³/mol. The number of halogens is 2. The van der Waals surface area contributed by atoms with Gasteiger partial charge in [-0.15, -0.1) is 0 Å². The van der Waals surface area contributed by atoms with Crippen molar-refractivity contribution < 1.29 is 4.79 Å². The molecule has 1 amide bonds. The number of aromatic nitrogens is 1. The van der Waals surface area contributed by atoms with Gasteiger partial charge in [-0.2, -0.15) is 0 Å². The molecule has 0 radical (unpaired) electrons. The zero-order valence-corrected chi connectivity index (χ0v) is 13.9. The molecular formula is C16H16Cl2N4O. The van der Waals surface area contributed by atoms with Gasteiger partial charge in [-0.25, -0.2) is 4.98 Å². The van der Waals surface area contributed by atoms with Crippen LogP contribution in [0, 0.1) is 0 Å². The molecule has 5 nitrogen and oxygen atoms in total. The Bertz CT molecular complexity index is 700. The molecule has 0 atom stereocenters. The number of anilines is 2. The highest BCUT2D eigenvalue weighted by Gasteiger charge is 2.14. The minimum absolute atomic E-state index is 0.240. The van der Waals surface area contributed by atoms with Gasteiger partial charge >= 0.3 is 0 Å². The highest BCUT2D eigenvalue weighted by Crippen LogP contribution is 2.26. The number of hydrogen-bond acceptors (Lipinski definition) is 4. The summed E-state index contributed by atoms with van der Waals surface area (Å²) in [5, 5.41) is 6.63. The van der Waals surface area contributed by atoms with Gasteiger partial charge in [-0.05, 0) is 24.3 Å². The van der Waals surface area contributed by atoms with Gasteiger partial charge in [0.15, 0.2) is 0 Å². The number of benzene rings is 1. The molecule has 0 saturated carbocycles. The van der Waals surface area contributed by atoms with Gasteiger partial charge in [-0.1, -0.05) is 29.3 Å². The molecular weight excluding hydrogens is 335 g/mol. The quantitative estimate of drug-likeness (QED) is 0.893. The molecule has 7 heteroatoms. The number of nitrogens with one attached hydrogen (secondary N) is 2. The van der Waals surface area contributed by atoms with Crippen LogP contribution < -0.4 is 15.5 Å². The maximum atomic E-state index is 12.3. The lowest BCUT2D eigenvalue weighted by molar-refractivity contribution is 0.102. The van der Waals surface area contributed by atoms with E-state index in [2.05, 4.69) is 20.5 Å². The fraction of sp³-hybridized carbons (Fsp3) is 0.250. The van der Waals surface area contributed by atoms with Crippen molar-refractivity contribution in [1.82, 2.24) is 10.3 Å². The molecule has 1 fully saturated rings. The lowest BCUT2D eigenvalue weighted by atomic mass is 10.2. The van der Waals surface area contributed by atoms with Gasteiger partial charge in [-0.3, -0.25) is 4.79 Å². The van der Waals surface area contributed by atoms with Crippen LogP contribution in [0.5, 0.6) is 0 Å². The molecule has 2 heterocycles. The van der Waals surface area contributed by atoms with Crippen LogP contribution in [0.3, 0.4) is 0 Å². The summed E-state index contributed by atoms with van der Waals surface area (Å²) in [6.45, 7) is 3.83. The molecule has 23 heavy (non-hydrogen) atoms. The van der Waals surface area contributed by atoms with Gasteiger partial charge in [0.25, 0.3) is 5.91 Å². The number of rotatable bonds is 3. The first kappa shape index (κ1) is 16.1. The Morgan fingerprint density at radius 1 is 1.17 bits per heavy atom. The maximum Gasteiger partial charge on any atom is 0.258 e. The first-order chi connectivity index (χ1) is 11.1.